The Kier molecular flexibility index (Phi) is 16.3. The average molecular weight is 272 g/mol. The summed E-state index contributed by atoms with van der Waals surface area (Å²) in [6.07, 6.45) is 18.3. The Morgan fingerprint density at radius 1 is 0.750 bits per heavy atom. The van der Waals surface area contributed by atoms with E-state index >= 15 is 0 Å². The van der Waals surface area contributed by atoms with Crippen molar-refractivity contribution in [2.45, 2.75) is 64.7 Å². The van der Waals surface area contributed by atoms with Crippen molar-refractivity contribution >= 4 is 0 Å². The molecule has 0 aliphatic heterocycles. The van der Waals surface area contributed by atoms with Gasteiger partial charge in [0.25, 0.3) is 0 Å². The van der Waals surface area contributed by atoms with Gasteiger partial charge in [-0.05, 0) is 18.6 Å². The minimum atomic E-state index is 0.126. The minimum absolute atomic E-state index is 0.126. The fourth-order valence-corrected chi connectivity index (χ4v) is 1.70. The Labute approximate surface area is 125 Å². The number of aliphatic hydroxyl groups is 1. The SMILES string of the molecule is CCCCCCCCCC#C/C=C/C=C/C#CCCO. The summed E-state index contributed by atoms with van der Waals surface area (Å²) in [7, 11) is 0. The number of allylic oxidation sites excluding steroid dienone is 4. The molecular formula is C19H28O. The first-order valence-corrected chi connectivity index (χ1v) is 7.81. The molecular weight excluding hydrogens is 244 g/mol. The van der Waals surface area contributed by atoms with Gasteiger partial charge < -0.3 is 5.11 Å². The second kappa shape index (κ2) is 17.6. The van der Waals surface area contributed by atoms with E-state index in [2.05, 4.69) is 30.6 Å². The molecule has 1 nitrogen and oxygen atoms in total. The zero-order valence-corrected chi connectivity index (χ0v) is 12.8. The van der Waals surface area contributed by atoms with E-state index in [0.29, 0.717) is 6.42 Å². The standard InChI is InChI=1S/C19H28O/c1-2-3-4-5-6-7-8-9-10-11-12-13-14-15-16-17-18-19-20/h12-15,20H,2-9,18-19H2,1H3/b13-12+,15-14+. The molecule has 20 heavy (non-hydrogen) atoms. The summed E-state index contributed by atoms with van der Waals surface area (Å²) in [5.41, 5.74) is 0. The van der Waals surface area contributed by atoms with E-state index in [9.17, 15) is 0 Å². The Balaban J connectivity index is 3.43. The van der Waals surface area contributed by atoms with Gasteiger partial charge >= 0.3 is 0 Å². The van der Waals surface area contributed by atoms with Crippen LogP contribution in [-0.4, -0.2) is 11.7 Å². The smallest absolute Gasteiger partial charge is 0.0540 e. The van der Waals surface area contributed by atoms with Crippen molar-refractivity contribution in [3.8, 4) is 23.7 Å². The third-order valence-electron chi connectivity index (χ3n) is 2.82. The fraction of sp³-hybridized carbons (Fsp3) is 0.579. The first kappa shape index (κ1) is 18.6. The lowest BCUT2D eigenvalue weighted by atomic mass is 10.1. The third-order valence-corrected chi connectivity index (χ3v) is 2.82. The number of aliphatic hydroxyl groups excluding tert-OH is 1. The van der Waals surface area contributed by atoms with Gasteiger partial charge in [0.05, 0.1) is 6.61 Å². The van der Waals surface area contributed by atoms with E-state index in [4.69, 9.17) is 5.11 Å². The van der Waals surface area contributed by atoms with Gasteiger partial charge in [-0.15, -0.1) is 0 Å². The first-order chi connectivity index (χ1) is 9.91. The highest BCUT2D eigenvalue weighted by Crippen LogP contribution is 2.07. The van der Waals surface area contributed by atoms with Crippen molar-refractivity contribution in [3.63, 3.8) is 0 Å². The molecule has 0 unspecified atom stereocenters. The second-order valence-electron chi connectivity index (χ2n) is 4.71. The van der Waals surface area contributed by atoms with Gasteiger partial charge in [-0.1, -0.05) is 81.3 Å². The zero-order valence-electron chi connectivity index (χ0n) is 12.8. The molecule has 0 aromatic carbocycles. The fourth-order valence-electron chi connectivity index (χ4n) is 1.70. The molecule has 1 N–H and O–H groups in total. The summed E-state index contributed by atoms with van der Waals surface area (Å²) in [5, 5.41) is 8.52. The van der Waals surface area contributed by atoms with Gasteiger partial charge in [0.1, 0.15) is 0 Å². The van der Waals surface area contributed by atoms with Crippen LogP contribution in [0.25, 0.3) is 0 Å². The van der Waals surface area contributed by atoms with Gasteiger partial charge in [0.15, 0.2) is 0 Å². The van der Waals surface area contributed by atoms with Crippen LogP contribution < -0.4 is 0 Å². The Bertz CT molecular complexity index is 368. The molecule has 1 heteroatoms. The van der Waals surface area contributed by atoms with E-state index in [-0.39, 0.29) is 6.61 Å². The van der Waals surface area contributed by atoms with Crippen LogP contribution in [0.3, 0.4) is 0 Å². The van der Waals surface area contributed by atoms with Crippen LogP contribution in [0.2, 0.25) is 0 Å². The van der Waals surface area contributed by atoms with E-state index in [1.807, 2.05) is 18.2 Å². The molecule has 0 fully saturated rings. The molecule has 0 heterocycles. The Morgan fingerprint density at radius 3 is 1.90 bits per heavy atom. The summed E-state index contributed by atoms with van der Waals surface area (Å²) in [6.45, 7) is 2.38. The molecule has 0 amide bonds. The summed E-state index contributed by atoms with van der Waals surface area (Å²) in [4.78, 5) is 0. The second-order valence-corrected chi connectivity index (χ2v) is 4.71. The molecule has 0 aliphatic rings. The van der Waals surface area contributed by atoms with Crippen molar-refractivity contribution in [2.24, 2.45) is 0 Å². The number of unbranched alkanes of at least 4 members (excludes halogenated alkanes) is 7. The van der Waals surface area contributed by atoms with Gasteiger partial charge in [0.2, 0.25) is 0 Å². The van der Waals surface area contributed by atoms with Gasteiger partial charge in [-0.25, -0.2) is 0 Å². The van der Waals surface area contributed by atoms with Gasteiger partial charge in [0, 0.05) is 12.8 Å². The van der Waals surface area contributed by atoms with E-state index < -0.39 is 0 Å². The summed E-state index contributed by atoms with van der Waals surface area (Å²) < 4.78 is 0. The molecule has 0 atom stereocenters. The van der Waals surface area contributed by atoms with Crippen LogP contribution in [0.15, 0.2) is 24.3 Å². The Morgan fingerprint density at radius 2 is 1.30 bits per heavy atom. The van der Waals surface area contributed by atoms with Crippen LogP contribution in [0.1, 0.15) is 64.7 Å². The predicted octanol–water partition coefficient (Wildman–Crippen LogP) is 4.63. The molecule has 0 aromatic heterocycles. The molecule has 0 bridgehead atoms. The average Bonchev–Trinajstić information content (AvgIpc) is 2.47. The lowest BCUT2D eigenvalue weighted by Crippen LogP contribution is -1.78. The van der Waals surface area contributed by atoms with Crippen molar-refractivity contribution in [1.82, 2.24) is 0 Å². The maximum atomic E-state index is 8.52. The minimum Gasteiger partial charge on any atom is -0.395 e. The lowest BCUT2D eigenvalue weighted by molar-refractivity contribution is 0.305. The molecule has 0 spiro atoms. The van der Waals surface area contributed by atoms with Crippen LogP contribution in [0, 0.1) is 23.7 Å². The molecule has 0 saturated carbocycles. The van der Waals surface area contributed by atoms with Gasteiger partial charge in [-0.3, -0.25) is 0 Å². The zero-order chi connectivity index (χ0) is 14.7. The largest absolute Gasteiger partial charge is 0.395 e. The van der Waals surface area contributed by atoms with Crippen LogP contribution in [0.4, 0.5) is 0 Å². The molecule has 110 valence electrons. The highest BCUT2D eigenvalue weighted by Gasteiger charge is 1.88. The van der Waals surface area contributed by atoms with Crippen molar-refractivity contribution in [2.75, 3.05) is 6.61 Å². The summed E-state index contributed by atoms with van der Waals surface area (Å²) in [6, 6.07) is 0. The number of rotatable bonds is 9. The molecule has 0 saturated heterocycles. The van der Waals surface area contributed by atoms with Gasteiger partial charge in [-0.2, -0.15) is 0 Å². The van der Waals surface area contributed by atoms with Crippen LogP contribution in [-0.2, 0) is 0 Å². The normalized spacial score (nSPS) is 10.3. The van der Waals surface area contributed by atoms with Crippen LogP contribution in [0.5, 0.6) is 0 Å². The monoisotopic (exact) mass is 272 g/mol. The maximum absolute atomic E-state index is 8.52. The topological polar surface area (TPSA) is 20.2 Å². The highest BCUT2D eigenvalue weighted by atomic mass is 16.2. The van der Waals surface area contributed by atoms with Crippen molar-refractivity contribution < 1.29 is 5.11 Å². The molecule has 0 aromatic rings. The van der Waals surface area contributed by atoms with E-state index in [0.717, 1.165) is 6.42 Å². The number of hydrogen-bond donors (Lipinski definition) is 1. The highest BCUT2D eigenvalue weighted by molar-refractivity contribution is 5.24. The molecule has 0 rings (SSSR count). The first-order valence-electron chi connectivity index (χ1n) is 7.81. The summed E-state index contributed by atoms with van der Waals surface area (Å²) in [5.74, 6) is 11.8. The number of hydrogen-bond acceptors (Lipinski definition) is 1. The predicted molar refractivity (Wildman–Crippen MR) is 88.1 cm³/mol. The van der Waals surface area contributed by atoms with E-state index in [1.165, 1.54) is 44.9 Å². The third kappa shape index (κ3) is 16.6. The lowest BCUT2D eigenvalue weighted by Gasteiger charge is -1.97. The van der Waals surface area contributed by atoms with E-state index in [1.54, 1.807) is 6.08 Å². The molecule has 0 aliphatic carbocycles. The maximum Gasteiger partial charge on any atom is 0.0540 e. The van der Waals surface area contributed by atoms with Crippen molar-refractivity contribution in [3.05, 3.63) is 24.3 Å². The van der Waals surface area contributed by atoms with Crippen molar-refractivity contribution in [1.29, 1.82) is 0 Å². The Hall–Kier alpha value is -1.44. The van der Waals surface area contributed by atoms with Crippen LogP contribution >= 0.6 is 0 Å². The molecule has 0 radical (unpaired) electrons. The summed E-state index contributed by atoms with van der Waals surface area (Å²) >= 11 is 0. The quantitative estimate of drug-likeness (QED) is 0.368.